The zero-order valence-electron chi connectivity index (χ0n) is 9.81. The van der Waals surface area contributed by atoms with E-state index in [4.69, 9.17) is 0 Å². The number of hydrogen-bond acceptors (Lipinski definition) is 1. The van der Waals surface area contributed by atoms with Crippen molar-refractivity contribution >= 4 is 5.91 Å². The van der Waals surface area contributed by atoms with Crippen LogP contribution in [-0.2, 0) is 4.79 Å². The number of amides is 1. The van der Waals surface area contributed by atoms with Crippen LogP contribution in [0.3, 0.4) is 0 Å². The van der Waals surface area contributed by atoms with E-state index in [2.05, 4.69) is 11.9 Å². The lowest BCUT2D eigenvalue weighted by atomic mass is 10.0. The van der Waals surface area contributed by atoms with Gasteiger partial charge in [-0.05, 0) is 38.2 Å². The molecule has 84 valence electrons. The van der Waals surface area contributed by atoms with Crippen LogP contribution in [0.2, 0.25) is 0 Å². The Kier molecular flexibility index (Phi) is 4.60. The molecule has 1 saturated carbocycles. The molecule has 1 rings (SSSR count). The van der Waals surface area contributed by atoms with Gasteiger partial charge in [0.25, 0.3) is 0 Å². The lowest BCUT2D eigenvalue weighted by molar-refractivity contribution is -0.121. The van der Waals surface area contributed by atoms with E-state index in [-0.39, 0.29) is 5.91 Å². The molecule has 0 aliphatic heterocycles. The fourth-order valence-corrected chi connectivity index (χ4v) is 2.10. The Morgan fingerprint density at radius 3 is 2.53 bits per heavy atom. The highest BCUT2D eigenvalue weighted by atomic mass is 16.1. The molecule has 0 aromatic carbocycles. The Morgan fingerprint density at radius 2 is 2.07 bits per heavy atom. The predicted octanol–water partition coefficient (Wildman–Crippen LogP) is 3.16. The SMILES string of the molecule is C=C(C)C(=CC)NC(=O)CC1CCCC1. The van der Waals surface area contributed by atoms with Gasteiger partial charge in [-0.1, -0.05) is 25.5 Å². The summed E-state index contributed by atoms with van der Waals surface area (Å²) in [6.45, 7) is 7.65. The standard InChI is InChI=1S/C13H21NO/c1-4-12(10(2)3)14-13(15)9-11-7-5-6-8-11/h4,11H,2,5-9H2,1,3H3,(H,14,15). The van der Waals surface area contributed by atoms with Crippen molar-refractivity contribution in [2.45, 2.75) is 46.0 Å². The lowest BCUT2D eigenvalue weighted by Crippen LogP contribution is -2.24. The second-order valence-electron chi connectivity index (χ2n) is 4.39. The van der Waals surface area contributed by atoms with E-state index in [1.54, 1.807) is 0 Å². The fourth-order valence-electron chi connectivity index (χ4n) is 2.10. The van der Waals surface area contributed by atoms with Crippen molar-refractivity contribution in [2.24, 2.45) is 5.92 Å². The molecule has 0 radical (unpaired) electrons. The first-order chi connectivity index (χ1) is 7.13. The average Bonchev–Trinajstić information content (AvgIpc) is 2.66. The molecule has 0 bridgehead atoms. The first kappa shape index (κ1) is 12.0. The van der Waals surface area contributed by atoms with Gasteiger partial charge in [-0.3, -0.25) is 4.79 Å². The minimum absolute atomic E-state index is 0.137. The molecule has 1 aliphatic rings. The summed E-state index contributed by atoms with van der Waals surface area (Å²) in [5.74, 6) is 0.742. The molecule has 0 heterocycles. The number of nitrogens with one attached hydrogen (secondary N) is 1. The van der Waals surface area contributed by atoms with E-state index < -0.39 is 0 Å². The van der Waals surface area contributed by atoms with Crippen LogP contribution < -0.4 is 5.32 Å². The molecule has 1 N–H and O–H groups in total. The Morgan fingerprint density at radius 1 is 1.47 bits per heavy atom. The Hall–Kier alpha value is -1.05. The third kappa shape index (κ3) is 3.90. The zero-order chi connectivity index (χ0) is 11.3. The van der Waals surface area contributed by atoms with Gasteiger partial charge in [0.05, 0.1) is 0 Å². The van der Waals surface area contributed by atoms with Crippen molar-refractivity contribution in [2.75, 3.05) is 0 Å². The van der Waals surface area contributed by atoms with Crippen LogP contribution in [-0.4, -0.2) is 5.91 Å². The number of carbonyl (C=O) groups excluding carboxylic acids is 1. The molecule has 2 nitrogen and oxygen atoms in total. The van der Waals surface area contributed by atoms with E-state index >= 15 is 0 Å². The molecule has 2 heteroatoms. The van der Waals surface area contributed by atoms with E-state index in [0.29, 0.717) is 12.3 Å². The van der Waals surface area contributed by atoms with Gasteiger partial charge in [-0.15, -0.1) is 0 Å². The summed E-state index contributed by atoms with van der Waals surface area (Å²) in [7, 11) is 0. The van der Waals surface area contributed by atoms with E-state index in [9.17, 15) is 4.79 Å². The van der Waals surface area contributed by atoms with Gasteiger partial charge in [0.2, 0.25) is 5.91 Å². The minimum atomic E-state index is 0.137. The van der Waals surface area contributed by atoms with Crippen LogP contribution in [0.4, 0.5) is 0 Å². The first-order valence-corrected chi connectivity index (χ1v) is 5.75. The van der Waals surface area contributed by atoms with Gasteiger partial charge in [-0.25, -0.2) is 0 Å². The van der Waals surface area contributed by atoms with Crippen LogP contribution in [0, 0.1) is 5.92 Å². The molecular weight excluding hydrogens is 186 g/mol. The quantitative estimate of drug-likeness (QED) is 0.705. The lowest BCUT2D eigenvalue weighted by Gasteiger charge is -2.11. The monoisotopic (exact) mass is 207 g/mol. The summed E-state index contributed by atoms with van der Waals surface area (Å²) in [5, 5.41) is 2.92. The summed E-state index contributed by atoms with van der Waals surface area (Å²) in [6.07, 6.45) is 7.57. The summed E-state index contributed by atoms with van der Waals surface area (Å²) in [4.78, 5) is 11.7. The molecule has 1 amide bonds. The van der Waals surface area contributed by atoms with E-state index in [1.807, 2.05) is 19.9 Å². The topological polar surface area (TPSA) is 29.1 Å². The first-order valence-electron chi connectivity index (χ1n) is 5.75. The van der Waals surface area contributed by atoms with Crippen LogP contribution in [0.5, 0.6) is 0 Å². The largest absolute Gasteiger partial charge is 0.326 e. The summed E-state index contributed by atoms with van der Waals surface area (Å²) in [5.41, 5.74) is 1.77. The third-order valence-corrected chi connectivity index (χ3v) is 2.97. The number of hydrogen-bond donors (Lipinski definition) is 1. The average molecular weight is 207 g/mol. The van der Waals surface area contributed by atoms with Gasteiger partial charge < -0.3 is 5.32 Å². The molecule has 0 atom stereocenters. The summed E-state index contributed by atoms with van der Waals surface area (Å²) in [6, 6.07) is 0. The predicted molar refractivity (Wildman–Crippen MR) is 63.3 cm³/mol. The molecule has 1 aliphatic carbocycles. The van der Waals surface area contributed by atoms with E-state index in [0.717, 1.165) is 11.3 Å². The van der Waals surface area contributed by atoms with Crippen molar-refractivity contribution in [3.63, 3.8) is 0 Å². The third-order valence-electron chi connectivity index (χ3n) is 2.97. The summed E-state index contributed by atoms with van der Waals surface area (Å²) < 4.78 is 0. The smallest absolute Gasteiger partial charge is 0.224 e. The molecule has 0 spiro atoms. The van der Waals surface area contributed by atoms with Crippen LogP contribution in [0.15, 0.2) is 23.9 Å². The normalized spacial score (nSPS) is 17.9. The van der Waals surface area contributed by atoms with Gasteiger partial charge in [0.1, 0.15) is 0 Å². The van der Waals surface area contributed by atoms with Crippen LogP contribution in [0.25, 0.3) is 0 Å². The number of allylic oxidation sites excluding steroid dienone is 2. The summed E-state index contributed by atoms with van der Waals surface area (Å²) >= 11 is 0. The molecule has 0 saturated heterocycles. The number of carbonyl (C=O) groups is 1. The maximum absolute atomic E-state index is 11.7. The highest BCUT2D eigenvalue weighted by Gasteiger charge is 2.18. The Labute approximate surface area is 92.4 Å². The molecule has 0 aromatic rings. The van der Waals surface area contributed by atoms with Crippen molar-refractivity contribution in [3.8, 4) is 0 Å². The van der Waals surface area contributed by atoms with Gasteiger partial charge >= 0.3 is 0 Å². The molecular formula is C13H21NO. The second kappa shape index (κ2) is 5.74. The zero-order valence-corrected chi connectivity index (χ0v) is 9.81. The van der Waals surface area contributed by atoms with Crippen molar-refractivity contribution in [1.82, 2.24) is 5.32 Å². The molecule has 0 unspecified atom stereocenters. The Balaban J connectivity index is 2.37. The second-order valence-corrected chi connectivity index (χ2v) is 4.39. The highest BCUT2D eigenvalue weighted by molar-refractivity contribution is 5.78. The number of rotatable bonds is 4. The van der Waals surface area contributed by atoms with Crippen molar-refractivity contribution in [3.05, 3.63) is 23.9 Å². The van der Waals surface area contributed by atoms with Gasteiger partial charge in [0, 0.05) is 12.1 Å². The Bertz CT molecular complexity index is 272. The maximum atomic E-state index is 11.7. The molecule has 0 aromatic heterocycles. The van der Waals surface area contributed by atoms with E-state index in [1.165, 1.54) is 25.7 Å². The van der Waals surface area contributed by atoms with Crippen molar-refractivity contribution < 1.29 is 4.79 Å². The highest BCUT2D eigenvalue weighted by Crippen LogP contribution is 2.27. The maximum Gasteiger partial charge on any atom is 0.224 e. The van der Waals surface area contributed by atoms with Crippen LogP contribution >= 0.6 is 0 Å². The van der Waals surface area contributed by atoms with Crippen molar-refractivity contribution in [1.29, 1.82) is 0 Å². The minimum Gasteiger partial charge on any atom is -0.326 e. The van der Waals surface area contributed by atoms with Gasteiger partial charge in [0.15, 0.2) is 0 Å². The molecule has 15 heavy (non-hydrogen) atoms. The fraction of sp³-hybridized carbons (Fsp3) is 0.615. The molecule has 1 fully saturated rings. The van der Waals surface area contributed by atoms with Gasteiger partial charge in [-0.2, -0.15) is 0 Å². The van der Waals surface area contributed by atoms with Crippen LogP contribution in [0.1, 0.15) is 46.0 Å².